The molecule has 0 heterocycles. The minimum absolute atomic E-state index is 0.0391. The molecule has 164 valence electrons. The molecular formula is C21H22ClN3O5S. The molecule has 2 atom stereocenters. The molecular weight excluding hydrogens is 442 g/mol. The number of aliphatic hydroxyl groups is 1. The summed E-state index contributed by atoms with van der Waals surface area (Å²) in [4.78, 5) is 10.2. The van der Waals surface area contributed by atoms with Crippen molar-refractivity contribution in [2.45, 2.75) is 9.89 Å². The number of aliphatic hydroxyl groups excluding tert-OH is 1. The van der Waals surface area contributed by atoms with Crippen molar-refractivity contribution in [2.24, 2.45) is 17.4 Å². The van der Waals surface area contributed by atoms with Crippen molar-refractivity contribution < 1.29 is 23.1 Å². The maximum absolute atomic E-state index is 12.3. The number of sulfonamides is 1. The van der Waals surface area contributed by atoms with Crippen LogP contribution in [0.3, 0.4) is 0 Å². The summed E-state index contributed by atoms with van der Waals surface area (Å²) in [7, 11) is -3.85. The van der Waals surface area contributed by atoms with Crippen LogP contribution in [0.5, 0.6) is 5.75 Å². The van der Waals surface area contributed by atoms with E-state index >= 15 is 0 Å². The highest BCUT2D eigenvalue weighted by Crippen LogP contribution is 2.39. The zero-order valence-electron chi connectivity index (χ0n) is 16.4. The van der Waals surface area contributed by atoms with Crippen molar-refractivity contribution in [3.63, 3.8) is 0 Å². The molecule has 1 aliphatic rings. The fraction of sp³-hybridized carbons (Fsp3) is 0.190. The van der Waals surface area contributed by atoms with Crippen LogP contribution in [-0.2, 0) is 14.8 Å². The highest BCUT2D eigenvalue weighted by molar-refractivity contribution is 7.89. The molecule has 2 unspecified atom stereocenters. The molecule has 2 aromatic carbocycles. The van der Waals surface area contributed by atoms with Crippen LogP contribution < -0.4 is 20.9 Å². The van der Waals surface area contributed by atoms with Gasteiger partial charge in [-0.1, -0.05) is 54.1 Å². The van der Waals surface area contributed by atoms with Gasteiger partial charge < -0.3 is 21.3 Å². The lowest BCUT2D eigenvalue weighted by atomic mass is 9.86. The smallest absolute Gasteiger partial charge is 0.240 e. The number of alkyl halides is 1. The summed E-state index contributed by atoms with van der Waals surface area (Å²) in [6, 6.07) is 14.9. The van der Waals surface area contributed by atoms with Gasteiger partial charge in [0.2, 0.25) is 15.9 Å². The van der Waals surface area contributed by atoms with Crippen molar-refractivity contribution in [1.82, 2.24) is 4.72 Å². The number of rotatable bonds is 8. The van der Waals surface area contributed by atoms with Gasteiger partial charge in [0.15, 0.2) is 5.00 Å². The number of carbonyl (C=O) groups excluding carboxylic acids is 1. The highest BCUT2D eigenvalue weighted by atomic mass is 35.5. The van der Waals surface area contributed by atoms with E-state index in [0.29, 0.717) is 5.57 Å². The molecule has 3 rings (SSSR count). The fourth-order valence-electron chi connectivity index (χ4n) is 3.06. The standard InChI is InChI=1S/C21H22ClN3O5S/c22-21(24)18(20(23)27)11-15(14-5-2-1-3-6-14)12-19(21)30-16-7-4-8-17(13-16)31(28,29)25-9-10-26/h1-8,11-13,18,25-26H,9-10,24H2,(H2,23,27). The average Bonchev–Trinajstić information content (AvgIpc) is 2.74. The van der Waals surface area contributed by atoms with E-state index < -0.39 is 26.8 Å². The van der Waals surface area contributed by atoms with E-state index in [9.17, 15) is 13.2 Å². The highest BCUT2D eigenvalue weighted by Gasteiger charge is 2.44. The molecule has 0 aliphatic heterocycles. The Morgan fingerprint density at radius 1 is 1.19 bits per heavy atom. The van der Waals surface area contributed by atoms with Crippen molar-refractivity contribution in [3.05, 3.63) is 78.1 Å². The van der Waals surface area contributed by atoms with Gasteiger partial charge in [0.05, 0.1) is 17.4 Å². The molecule has 10 heteroatoms. The summed E-state index contributed by atoms with van der Waals surface area (Å²) in [5.41, 5.74) is 13.2. The average molecular weight is 464 g/mol. The third kappa shape index (κ3) is 5.15. The number of nitrogens with two attached hydrogens (primary N) is 2. The van der Waals surface area contributed by atoms with Crippen molar-refractivity contribution >= 4 is 33.1 Å². The lowest BCUT2D eigenvalue weighted by Gasteiger charge is -2.33. The number of carbonyl (C=O) groups is 1. The Hall–Kier alpha value is -2.69. The quantitative estimate of drug-likeness (QED) is 0.343. The van der Waals surface area contributed by atoms with E-state index in [2.05, 4.69) is 4.72 Å². The largest absolute Gasteiger partial charge is 0.458 e. The Balaban J connectivity index is 1.99. The van der Waals surface area contributed by atoms with Gasteiger partial charge in [-0.05, 0) is 29.3 Å². The summed E-state index contributed by atoms with van der Waals surface area (Å²) >= 11 is 6.48. The second-order valence-electron chi connectivity index (χ2n) is 6.84. The van der Waals surface area contributed by atoms with Crippen LogP contribution in [0.4, 0.5) is 0 Å². The number of halogens is 1. The number of nitrogens with one attached hydrogen (secondary N) is 1. The number of allylic oxidation sites excluding steroid dienone is 2. The number of benzene rings is 2. The molecule has 0 spiro atoms. The van der Waals surface area contributed by atoms with Crippen molar-refractivity contribution in [2.75, 3.05) is 13.2 Å². The van der Waals surface area contributed by atoms with Crippen LogP contribution in [0.25, 0.3) is 5.57 Å². The van der Waals surface area contributed by atoms with Gasteiger partial charge >= 0.3 is 0 Å². The van der Waals surface area contributed by atoms with Gasteiger partial charge in [0.25, 0.3) is 0 Å². The summed E-state index contributed by atoms with van der Waals surface area (Å²) in [6.45, 7) is -0.467. The van der Waals surface area contributed by atoms with Gasteiger partial charge in [-0.3, -0.25) is 4.79 Å². The summed E-state index contributed by atoms with van der Waals surface area (Å²) in [5.74, 6) is -1.62. The first kappa shape index (κ1) is 23.0. The van der Waals surface area contributed by atoms with Gasteiger partial charge in [-0.2, -0.15) is 0 Å². The van der Waals surface area contributed by atoms with Gasteiger partial charge in [-0.15, -0.1) is 0 Å². The van der Waals surface area contributed by atoms with Crippen molar-refractivity contribution in [3.8, 4) is 5.75 Å². The predicted octanol–water partition coefficient (Wildman–Crippen LogP) is 1.31. The Morgan fingerprint density at radius 3 is 2.55 bits per heavy atom. The second-order valence-corrected chi connectivity index (χ2v) is 9.24. The van der Waals surface area contributed by atoms with E-state index in [0.717, 1.165) is 5.56 Å². The summed E-state index contributed by atoms with van der Waals surface area (Å²) in [5, 5.41) is 8.86. The molecule has 0 fully saturated rings. The number of hydrogen-bond donors (Lipinski definition) is 4. The Kier molecular flexibility index (Phi) is 6.83. The number of ether oxygens (including phenoxy) is 1. The molecule has 1 amide bonds. The zero-order valence-corrected chi connectivity index (χ0v) is 17.9. The first-order valence-corrected chi connectivity index (χ1v) is 11.2. The van der Waals surface area contributed by atoms with Gasteiger partial charge in [0.1, 0.15) is 11.5 Å². The SMILES string of the molecule is NC(=O)C1C=C(c2ccccc2)C=C(Oc2cccc(S(=O)(=O)NCCO)c2)C1(N)Cl. The second kappa shape index (κ2) is 9.21. The lowest BCUT2D eigenvalue weighted by molar-refractivity contribution is -0.121. The monoisotopic (exact) mass is 463 g/mol. The topological polar surface area (TPSA) is 145 Å². The fourth-order valence-corrected chi connectivity index (χ4v) is 4.38. The lowest BCUT2D eigenvalue weighted by Crippen LogP contribution is -2.51. The molecule has 0 saturated carbocycles. The molecule has 0 saturated heterocycles. The van der Waals surface area contributed by atoms with Crippen LogP contribution >= 0.6 is 11.6 Å². The van der Waals surface area contributed by atoms with Crippen LogP contribution in [0.15, 0.2) is 77.4 Å². The molecule has 0 bridgehead atoms. The summed E-state index contributed by atoms with van der Waals surface area (Å²) < 4.78 is 32.8. The Bertz CT molecular complexity index is 1130. The number of hydrogen-bond acceptors (Lipinski definition) is 6. The minimum Gasteiger partial charge on any atom is -0.458 e. The first-order valence-electron chi connectivity index (χ1n) is 9.30. The van der Waals surface area contributed by atoms with E-state index in [1.807, 2.05) is 30.3 Å². The molecule has 1 aliphatic carbocycles. The first-order chi connectivity index (χ1) is 14.6. The maximum atomic E-state index is 12.3. The third-order valence-electron chi connectivity index (χ3n) is 4.62. The molecule has 31 heavy (non-hydrogen) atoms. The maximum Gasteiger partial charge on any atom is 0.240 e. The minimum atomic E-state index is -3.85. The molecule has 2 aromatic rings. The predicted molar refractivity (Wildman–Crippen MR) is 117 cm³/mol. The van der Waals surface area contributed by atoms with Gasteiger partial charge in [-0.25, -0.2) is 13.1 Å². The van der Waals surface area contributed by atoms with E-state index in [-0.39, 0.29) is 29.6 Å². The molecule has 8 nitrogen and oxygen atoms in total. The van der Waals surface area contributed by atoms with Crippen LogP contribution in [-0.4, -0.2) is 37.6 Å². The number of amides is 1. The molecule has 0 radical (unpaired) electrons. The Morgan fingerprint density at radius 2 is 1.90 bits per heavy atom. The summed E-state index contributed by atoms with van der Waals surface area (Å²) in [6.07, 6.45) is 3.17. The van der Waals surface area contributed by atoms with Crippen LogP contribution in [0, 0.1) is 5.92 Å². The van der Waals surface area contributed by atoms with Gasteiger partial charge in [0, 0.05) is 12.6 Å². The van der Waals surface area contributed by atoms with Crippen molar-refractivity contribution in [1.29, 1.82) is 0 Å². The zero-order chi connectivity index (χ0) is 22.6. The van der Waals surface area contributed by atoms with Crippen LogP contribution in [0.1, 0.15) is 5.56 Å². The number of primary amides is 1. The van der Waals surface area contributed by atoms with E-state index in [1.165, 1.54) is 24.3 Å². The normalized spacial score (nSPS) is 21.2. The molecule has 6 N–H and O–H groups in total. The third-order valence-corrected chi connectivity index (χ3v) is 6.50. The van der Waals surface area contributed by atoms with E-state index in [1.54, 1.807) is 12.2 Å². The molecule has 0 aromatic heterocycles. The van der Waals surface area contributed by atoms with E-state index in [4.69, 9.17) is 32.9 Å². The van der Waals surface area contributed by atoms with Crippen LogP contribution in [0.2, 0.25) is 0 Å². The Labute approximate surface area is 185 Å².